The number of carbonyl (C=O) groups is 1. The first-order chi connectivity index (χ1) is 9.82. The quantitative estimate of drug-likeness (QED) is 0.808. The topological polar surface area (TPSA) is 69.7 Å². The van der Waals surface area contributed by atoms with E-state index in [-0.39, 0.29) is 10.8 Å². The summed E-state index contributed by atoms with van der Waals surface area (Å²) in [5, 5.41) is 1.51. The van der Waals surface area contributed by atoms with Gasteiger partial charge in [0.15, 0.2) is 0 Å². The number of hydrazine groups is 1. The van der Waals surface area contributed by atoms with Gasteiger partial charge in [-0.3, -0.25) is 10.2 Å². The zero-order chi connectivity index (χ0) is 15.6. The molecular weight excluding hydrogens is 358 g/mol. The normalized spacial score (nSPS) is 16.4. The van der Waals surface area contributed by atoms with Gasteiger partial charge in [-0.2, -0.15) is 4.31 Å². The second kappa shape index (κ2) is 6.43. The zero-order valence-electron chi connectivity index (χ0n) is 12.0. The maximum atomic E-state index is 12.5. The Kier molecular flexibility index (Phi) is 5.03. The van der Waals surface area contributed by atoms with Gasteiger partial charge in [-0.25, -0.2) is 13.4 Å². The third-order valence-corrected chi connectivity index (χ3v) is 5.80. The number of benzene rings is 1. The van der Waals surface area contributed by atoms with Crippen molar-refractivity contribution >= 4 is 31.9 Å². The second-order valence-corrected chi connectivity index (χ2v) is 7.88. The van der Waals surface area contributed by atoms with Crippen molar-refractivity contribution in [2.75, 3.05) is 27.2 Å². The molecule has 1 heterocycles. The highest BCUT2D eigenvalue weighted by molar-refractivity contribution is 9.10. The molecule has 1 N–H and O–H groups in total. The molecule has 6 nitrogen and oxygen atoms in total. The molecular formula is C13H18BrN3O3S. The number of sulfonamides is 1. The smallest absolute Gasteiger partial charge is 0.266 e. The summed E-state index contributed by atoms with van der Waals surface area (Å²) in [6.07, 6.45) is 1.76. The lowest BCUT2D eigenvalue weighted by atomic mass is 10.2. The molecule has 1 aromatic rings. The van der Waals surface area contributed by atoms with Crippen LogP contribution < -0.4 is 5.43 Å². The Morgan fingerprint density at radius 2 is 1.90 bits per heavy atom. The van der Waals surface area contributed by atoms with Crippen LogP contribution in [0.4, 0.5) is 0 Å². The van der Waals surface area contributed by atoms with E-state index in [9.17, 15) is 13.2 Å². The average molecular weight is 376 g/mol. The van der Waals surface area contributed by atoms with Gasteiger partial charge in [0.1, 0.15) is 0 Å². The summed E-state index contributed by atoms with van der Waals surface area (Å²) < 4.78 is 27.0. The van der Waals surface area contributed by atoms with Crippen molar-refractivity contribution in [3.63, 3.8) is 0 Å². The van der Waals surface area contributed by atoms with E-state index < -0.39 is 10.0 Å². The molecule has 2 rings (SSSR count). The number of halogens is 1. The molecule has 0 atom stereocenters. The minimum Gasteiger partial charge on any atom is -0.285 e. The van der Waals surface area contributed by atoms with Crippen LogP contribution in [-0.2, 0) is 10.0 Å². The van der Waals surface area contributed by atoms with Gasteiger partial charge in [-0.05, 0) is 47.0 Å². The Hall–Kier alpha value is -0.960. The standard InChI is InChI=1S/C13H18BrN3O3S/c1-16(2)15-13(18)11-9-10(5-6-12(11)14)21(19,20)17-7-3-4-8-17/h5-6,9H,3-4,7-8H2,1-2H3,(H,15,18). The summed E-state index contributed by atoms with van der Waals surface area (Å²) in [5.74, 6) is -0.356. The van der Waals surface area contributed by atoms with E-state index in [0.717, 1.165) is 12.8 Å². The molecule has 1 aliphatic rings. The van der Waals surface area contributed by atoms with Crippen LogP contribution in [-0.4, -0.2) is 50.8 Å². The Labute approximate surface area is 133 Å². The molecule has 1 fully saturated rings. The number of amides is 1. The third-order valence-electron chi connectivity index (χ3n) is 3.21. The molecule has 0 unspecified atom stereocenters. The van der Waals surface area contributed by atoms with E-state index >= 15 is 0 Å². The first-order valence-electron chi connectivity index (χ1n) is 6.60. The average Bonchev–Trinajstić information content (AvgIpc) is 2.92. The van der Waals surface area contributed by atoms with Gasteiger partial charge in [0.2, 0.25) is 10.0 Å². The molecule has 116 valence electrons. The van der Waals surface area contributed by atoms with Crippen molar-refractivity contribution in [1.29, 1.82) is 0 Å². The largest absolute Gasteiger partial charge is 0.285 e. The van der Waals surface area contributed by atoms with Crippen molar-refractivity contribution in [2.45, 2.75) is 17.7 Å². The fraction of sp³-hybridized carbons (Fsp3) is 0.462. The first-order valence-corrected chi connectivity index (χ1v) is 8.83. The maximum Gasteiger partial charge on any atom is 0.266 e. The van der Waals surface area contributed by atoms with Crippen molar-refractivity contribution in [1.82, 2.24) is 14.7 Å². The highest BCUT2D eigenvalue weighted by atomic mass is 79.9. The van der Waals surface area contributed by atoms with E-state index in [2.05, 4.69) is 21.4 Å². The first kappa shape index (κ1) is 16.4. The van der Waals surface area contributed by atoms with Gasteiger partial charge in [-0.15, -0.1) is 0 Å². The van der Waals surface area contributed by atoms with Crippen molar-refractivity contribution < 1.29 is 13.2 Å². The number of nitrogens with one attached hydrogen (secondary N) is 1. The lowest BCUT2D eigenvalue weighted by Crippen LogP contribution is -2.36. The maximum absolute atomic E-state index is 12.5. The monoisotopic (exact) mass is 375 g/mol. The molecule has 1 saturated heterocycles. The summed E-state index contributed by atoms with van der Waals surface area (Å²) in [6, 6.07) is 4.52. The molecule has 0 aliphatic carbocycles. The number of nitrogens with zero attached hydrogens (tertiary/aromatic N) is 2. The van der Waals surface area contributed by atoms with Crippen LogP contribution in [0.5, 0.6) is 0 Å². The minimum atomic E-state index is -3.52. The second-order valence-electron chi connectivity index (χ2n) is 5.09. The van der Waals surface area contributed by atoms with Crippen LogP contribution >= 0.6 is 15.9 Å². The van der Waals surface area contributed by atoms with Gasteiger partial charge in [0.05, 0.1) is 10.5 Å². The number of hydrogen-bond acceptors (Lipinski definition) is 4. The van der Waals surface area contributed by atoms with E-state index in [1.165, 1.54) is 21.4 Å². The summed E-state index contributed by atoms with van der Waals surface area (Å²) in [4.78, 5) is 12.2. The van der Waals surface area contributed by atoms with Crippen LogP contribution in [0.3, 0.4) is 0 Å². The highest BCUT2D eigenvalue weighted by Gasteiger charge is 2.28. The summed E-state index contributed by atoms with van der Waals surface area (Å²) in [6.45, 7) is 1.08. The summed E-state index contributed by atoms with van der Waals surface area (Å²) in [7, 11) is -0.139. The van der Waals surface area contributed by atoms with Gasteiger partial charge >= 0.3 is 0 Å². The molecule has 0 aromatic heterocycles. The van der Waals surface area contributed by atoms with Crippen LogP contribution in [0, 0.1) is 0 Å². The van der Waals surface area contributed by atoms with Gasteiger partial charge < -0.3 is 0 Å². The van der Waals surface area contributed by atoms with Crippen molar-refractivity contribution in [2.24, 2.45) is 0 Å². The van der Waals surface area contributed by atoms with E-state index in [0.29, 0.717) is 23.1 Å². The molecule has 0 spiro atoms. The molecule has 0 radical (unpaired) electrons. The van der Waals surface area contributed by atoms with Gasteiger partial charge in [0.25, 0.3) is 5.91 Å². The van der Waals surface area contributed by atoms with Crippen LogP contribution in [0.2, 0.25) is 0 Å². The van der Waals surface area contributed by atoms with E-state index in [1.807, 2.05) is 0 Å². The predicted molar refractivity (Wildman–Crippen MR) is 83.3 cm³/mol. The Morgan fingerprint density at radius 1 is 1.29 bits per heavy atom. The Balaban J connectivity index is 2.36. The molecule has 21 heavy (non-hydrogen) atoms. The van der Waals surface area contributed by atoms with Crippen molar-refractivity contribution in [3.8, 4) is 0 Å². The van der Waals surface area contributed by atoms with Crippen LogP contribution in [0.25, 0.3) is 0 Å². The summed E-state index contributed by atoms with van der Waals surface area (Å²) in [5.41, 5.74) is 2.90. The number of rotatable bonds is 4. The Bertz CT molecular complexity index is 640. The Morgan fingerprint density at radius 3 is 2.48 bits per heavy atom. The lowest BCUT2D eigenvalue weighted by molar-refractivity contribution is 0.0856. The van der Waals surface area contributed by atoms with Crippen LogP contribution in [0.15, 0.2) is 27.6 Å². The van der Waals surface area contributed by atoms with E-state index in [4.69, 9.17) is 0 Å². The zero-order valence-corrected chi connectivity index (χ0v) is 14.4. The predicted octanol–water partition coefficient (Wildman–Crippen LogP) is 1.44. The van der Waals surface area contributed by atoms with E-state index in [1.54, 1.807) is 20.2 Å². The van der Waals surface area contributed by atoms with Crippen molar-refractivity contribution in [3.05, 3.63) is 28.2 Å². The fourth-order valence-electron chi connectivity index (χ4n) is 2.18. The molecule has 1 aliphatic heterocycles. The fourth-order valence-corrected chi connectivity index (χ4v) is 4.15. The molecule has 8 heteroatoms. The molecule has 0 saturated carbocycles. The van der Waals surface area contributed by atoms with Crippen LogP contribution in [0.1, 0.15) is 23.2 Å². The number of hydrogen-bond donors (Lipinski definition) is 1. The SMILES string of the molecule is CN(C)NC(=O)c1cc(S(=O)(=O)N2CCCC2)ccc1Br. The third kappa shape index (κ3) is 3.63. The molecule has 1 amide bonds. The lowest BCUT2D eigenvalue weighted by Gasteiger charge is -2.17. The molecule has 1 aromatic carbocycles. The summed E-state index contributed by atoms with van der Waals surface area (Å²) >= 11 is 3.28. The highest BCUT2D eigenvalue weighted by Crippen LogP contribution is 2.25. The molecule has 0 bridgehead atoms. The van der Waals surface area contributed by atoms with Gasteiger partial charge in [0, 0.05) is 31.7 Å². The minimum absolute atomic E-state index is 0.150. The number of carbonyl (C=O) groups excluding carboxylic acids is 1. The van der Waals surface area contributed by atoms with Gasteiger partial charge in [-0.1, -0.05) is 0 Å².